The van der Waals surface area contributed by atoms with Crippen molar-refractivity contribution in [2.24, 2.45) is 0 Å². The Balaban J connectivity index is 1.70. The number of aromatic amines is 1. The van der Waals surface area contributed by atoms with Crippen molar-refractivity contribution in [2.45, 2.75) is 57.2 Å². The molecule has 2 aliphatic rings. The summed E-state index contributed by atoms with van der Waals surface area (Å²) in [5, 5.41) is 20.9. The van der Waals surface area contributed by atoms with Gasteiger partial charge in [0, 0.05) is 12.8 Å². The van der Waals surface area contributed by atoms with Crippen LogP contribution in [0.25, 0.3) is 0 Å². The Bertz CT molecular complexity index is 873. The van der Waals surface area contributed by atoms with Crippen LogP contribution in [0.2, 0.25) is 0 Å². The van der Waals surface area contributed by atoms with Crippen LogP contribution in [0.5, 0.6) is 0 Å². The van der Waals surface area contributed by atoms with Crippen molar-refractivity contribution in [2.75, 3.05) is 4.90 Å². The molecule has 2 saturated heterocycles. The van der Waals surface area contributed by atoms with Crippen LogP contribution in [0.3, 0.4) is 0 Å². The monoisotopic (exact) mass is 352 g/mol. The summed E-state index contributed by atoms with van der Waals surface area (Å²) in [5.41, 5.74) is 2.51. The standard InChI is InChI=1S/C21H22FN3O/c1-13-9-14(2)24-20(19(13)12-23)25-17-7-8-18(25)11-21(26,10-17)15-3-5-16(22)6-4-15/h3-6,9,17-18,26H,7-8,10-11H2,1-2H3/p+1/t17-,18+,21?. The number of H-pyrrole nitrogens is 1. The number of fused-ring (bicyclic) bond motifs is 2. The molecule has 0 aliphatic carbocycles. The molecule has 2 bridgehead atoms. The predicted molar refractivity (Wildman–Crippen MR) is 96.0 cm³/mol. The van der Waals surface area contributed by atoms with Crippen LogP contribution < -0.4 is 9.88 Å². The molecule has 26 heavy (non-hydrogen) atoms. The van der Waals surface area contributed by atoms with Crippen molar-refractivity contribution in [1.82, 2.24) is 0 Å². The molecule has 2 N–H and O–H groups in total. The number of benzene rings is 1. The molecule has 3 heterocycles. The van der Waals surface area contributed by atoms with E-state index < -0.39 is 5.60 Å². The molecule has 0 saturated carbocycles. The fourth-order valence-electron chi connectivity index (χ4n) is 4.79. The van der Waals surface area contributed by atoms with E-state index in [4.69, 9.17) is 0 Å². The SMILES string of the molecule is Cc1cc(C)c(C#N)c(N2[C@@H]3CC[C@H]2CC(O)(c2ccc(F)cc2)C3)[nH+]1. The average Bonchev–Trinajstić information content (AvgIpc) is 2.87. The second kappa shape index (κ2) is 6.07. The lowest BCUT2D eigenvalue weighted by molar-refractivity contribution is -0.375. The van der Waals surface area contributed by atoms with Gasteiger partial charge in [-0.15, -0.1) is 0 Å². The number of aliphatic hydroxyl groups is 1. The minimum Gasteiger partial charge on any atom is -0.385 e. The van der Waals surface area contributed by atoms with Gasteiger partial charge in [0.1, 0.15) is 17.4 Å². The number of nitrogens with one attached hydrogen (secondary N) is 1. The molecule has 1 unspecified atom stereocenters. The van der Waals surface area contributed by atoms with E-state index in [-0.39, 0.29) is 17.9 Å². The summed E-state index contributed by atoms with van der Waals surface area (Å²) in [7, 11) is 0. The minimum absolute atomic E-state index is 0.161. The average molecular weight is 352 g/mol. The fraction of sp³-hybridized carbons (Fsp3) is 0.429. The lowest BCUT2D eigenvalue weighted by Gasteiger charge is -2.40. The van der Waals surface area contributed by atoms with E-state index in [1.165, 1.54) is 12.1 Å². The maximum Gasteiger partial charge on any atom is 0.293 e. The van der Waals surface area contributed by atoms with Crippen LogP contribution in [-0.4, -0.2) is 17.2 Å². The summed E-state index contributed by atoms with van der Waals surface area (Å²) in [5.74, 6) is 0.583. The van der Waals surface area contributed by atoms with Crippen LogP contribution in [0.1, 0.15) is 48.1 Å². The number of hydrogen-bond donors (Lipinski definition) is 1. The number of aromatic nitrogens is 1. The smallest absolute Gasteiger partial charge is 0.293 e. The zero-order valence-electron chi connectivity index (χ0n) is 15.1. The van der Waals surface area contributed by atoms with Gasteiger partial charge in [-0.05, 0) is 56.0 Å². The molecule has 3 atom stereocenters. The number of halogens is 1. The van der Waals surface area contributed by atoms with Crippen molar-refractivity contribution in [3.8, 4) is 6.07 Å². The second-order valence-electron chi connectivity index (χ2n) is 7.71. The number of nitriles is 1. The van der Waals surface area contributed by atoms with E-state index in [1.807, 2.05) is 19.9 Å². The van der Waals surface area contributed by atoms with E-state index in [0.717, 1.165) is 35.5 Å². The number of anilines is 1. The van der Waals surface area contributed by atoms with Gasteiger partial charge < -0.3 is 5.11 Å². The molecule has 0 radical (unpaired) electrons. The topological polar surface area (TPSA) is 61.4 Å². The molecule has 134 valence electrons. The highest BCUT2D eigenvalue weighted by Crippen LogP contribution is 2.47. The largest absolute Gasteiger partial charge is 0.385 e. The van der Waals surface area contributed by atoms with Crippen LogP contribution in [0.4, 0.5) is 10.2 Å². The van der Waals surface area contributed by atoms with Crippen LogP contribution in [-0.2, 0) is 5.60 Å². The number of pyridine rings is 1. The molecule has 4 nitrogen and oxygen atoms in total. The Morgan fingerprint density at radius 3 is 2.38 bits per heavy atom. The second-order valence-corrected chi connectivity index (χ2v) is 7.71. The molecule has 1 aromatic heterocycles. The number of piperidine rings is 1. The summed E-state index contributed by atoms with van der Waals surface area (Å²) in [4.78, 5) is 5.69. The Morgan fingerprint density at radius 1 is 1.19 bits per heavy atom. The molecular weight excluding hydrogens is 329 g/mol. The van der Waals surface area contributed by atoms with Gasteiger partial charge in [0.15, 0.2) is 0 Å². The lowest BCUT2D eigenvalue weighted by atomic mass is 9.80. The van der Waals surface area contributed by atoms with Crippen molar-refractivity contribution < 1.29 is 14.5 Å². The Hall–Kier alpha value is -2.45. The lowest BCUT2D eigenvalue weighted by Crippen LogP contribution is -2.51. The Kier molecular flexibility index (Phi) is 3.96. The predicted octanol–water partition coefficient (Wildman–Crippen LogP) is 3.15. The minimum atomic E-state index is -0.943. The van der Waals surface area contributed by atoms with E-state index in [9.17, 15) is 14.8 Å². The Labute approximate surface area is 152 Å². The molecule has 2 aromatic rings. The van der Waals surface area contributed by atoms with Gasteiger partial charge in [0.05, 0.1) is 23.4 Å². The maximum atomic E-state index is 13.3. The molecule has 0 amide bonds. The summed E-state index contributed by atoms with van der Waals surface area (Å²) in [6.45, 7) is 3.96. The highest BCUT2D eigenvalue weighted by molar-refractivity contribution is 5.57. The zero-order chi connectivity index (χ0) is 18.5. The fourth-order valence-corrected chi connectivity index (χ4v) is 4.79. The summed E-state index contributed by atoms with van der Waals surface area (Å²) in [6.07, 6.45) is 3.14. The molecule has 5 heteroatoms. The van der Waals surface area contributed by atoms with Crippen molar-refractivity contribution >= 4 is 5.82 Å². The number of hydrogen-bond acceptors (Lipinski definition) is 3. The third-order valence-corrected chi connectivity index (χ3v) is 5.90. The van der Waals surface area contributed by atoms with Crippen molar-refractivity contribution in [3.63, 3.8) is 0 Å². The van der Waals surface area contributed by atoms with Gasteiger partial charge >= 0.3 is 0 Å². The summed E-state index contributed by atoms with van der Waals surface area (Å²) >= 11 is 0. The third-order valence-electron chi connectivity index (χ3n) is 5.90. The third kappa shape index (κ3) is 2.65. The molecule has 2 fully saturated rings. The van der Waals surface area contributed by atoms with Gasteiger partial charge in [0.2, 0.25) is 0 Å². The quantitative estimate of drug-likeness (QED) is 0.903. The maximum absolute atomic E-state index is 13.3. The molecule has 0 spiro atoms. The molecule has 4 rings (SSSR count). The van der Waals surface area contributed by atoms with E-state index in [0.29, 0.717) is 18.4 Å². The molecule has 1 aromatic carbocycles. The van der Waals surface area contributed by atoms with Gasteiger partial charge in [-0.2, -0.15) is 5.26 Å². The first-order valence-electron chi connectivity index (χ1n) is 9.12. The molecule has 2 aliphatic heterocycles. The van der Waals surface area contributed by atoms with Gasteiger partial charge in [-0.25, -0.2) is 9.37 Å². The normalized spacial score (nSPS) is 27.4. The van der Waals surface area contributed by atoms with Crippen molar-refractivity contribution in [1.29, 1.82) is 5.26 Å². The number of aryl methyl sites for hydroxylation is 2. The van der Waals surface area contributed by atoms with Crippen molar-refractivity contribution in [3.05, 3.63) is 58.5 Å². The number of rotatable bonds is 2. The van der Waals surface area contributed by atoms with Gasteiger partial charge in [0.25, 0.3) is 5.82 Å². The first-order chi connectivity index (χ1) is 12.4. The number of nitrogens with zero attached hydrogens (tertiary/aromatic N) is 2. The van der Waals surface area contributed by atoms with E-state index in [2.05, 4.69) is 16.0 Å². The zero-order valence-corrected chi connectivity index (χ0v) is 15.1. The highest BCUT2D eigenvalue weighted by atomic mass is 19.1. The first-order valence-corrected chi connectivity index (χ1v) is 9.12. The van der Waals surface area contributed by atoms with Crippen LogP contribution in [0.15, 0.2) is 30.3 Å². The summed E-state index contributed by atoms with van der Waals surface area (Å²) in [6, 6.07) is 10.8. The summed E-state index contributed by atoms with van der Waals surface area (Å²) < 4.78 is 13.3. The first kappa shape index (κ1) is 17.0. The van der Waals surface area contributed by atoms with E-state index >= 15 is 0 Å². The molecular formula is C21H23FN3O+. The Morgan fingerprint density at radius 2 is 1.81 bits per heavy atom. The van der Waals surface area contributed by atoms with E-state index in [1.54, 1.807) is 12.1 Å². The van der Waals surface area contributed by atoms with Crippen LogP contribution >= 0.6 is 0 Å². The van der Waals surface area contributed by atoms with Gasteiger partial charge in [-0.1, -0.05) is 12.1 Å². The highest BCUT2D eigenvalue weighted by Gasteiger charge is 2.53. The van der Waals surface area contributed by atoms with Gasteiger partial charge in [-0.3, -0.25) is 4.90 Å². The van der Waals surface area contributed by atoms with Crippen LogP contribution in [0, 0.1) is 31.0 Å².